The zero-order valence-corrected chi connectivity index (χ0v) is 11.1. The predicted molar refractivity (Wildman–Crippen MR) is 73.6 cm³/mol. The molecule has 0 bridgehead atoms. The number of aliphatic hydroxyl groups excluding tert-OH is 1. The highest BCUT2D eigenvalue weighted by atomic mass is 32.1. The van der Waals surface area contributed by atoms with Gasteiger partial charge in [0.05, 0.1) is 6.61 Å². The van der Waals surface area contributed by atoms with E-state index in [0.29, 0.717) is 11.6 Å². The number of hydrogen-bond acceptors (Lipinski definition) is 3. The number of thiocarbonyl (C=S) groups is 1. The number of rotatable bonds is 6. The normalized spacial score (nSPS) is 10.3. The molecule has 0 aliphatic carbocycles. The van der Waals surface area contributed by atoms with Crippen molar-refractivity contribution >= 4 is 17.2 Å². The van der Waals surface area contributed by atoms with E-state index < -0.39 is 0 Å². The summed E-state index contributed by atoms with van der Waals surface area (Å²) in [5.41, 5.74) is 8.55. The van der Waals surface area contributed by atoms with E-state index >= 15 is 0 Å². The molecule has 0 radical (unpaired) electrons. The Bertz CT molecular complexity index is 381. The fraction of sp³-hybridized carbons (Fsp3) is 0.462. The number of benzene rings is 1. The van der Waals surface area contributed by atoms with Crippen LogP contribution in [0.2, 0.25) is 0 Å². The Morgan fingerprint density at radius 1 is 1.29 bits per heavy atom. The van der Waals surface area contributed by atoms with Crippen molar-refractivity contribution in [1.29, 1.82) is 0 Å². The molecule has 0 unspecified atom stereocenters. The monoisotopic (exact) mass is 253 g/mol. The number of aryl methyl sites for hydroxylation is 2. The molecule has 1 rings (SSSR count). The second kappa shape index (κ2) is 6.57. The van der Waals surface area contributed by atoms with Gasteiger partial charge < -0.3 is 15.6 Å². The van der Waals surface area contributed by atoms with Crippen molar-refractivity contribution in [3.63, 3.8) is 0 Å². The van der Waals surface area contributed by atoms with Gasteiger partial charge in [0.2, 0.25) is 0 Å². The lowest BCUT2D eigenvalue weighted by Crippen LogP contribution is -2.11. The molecule has 17 heavy (non-hydrogen) atoms. The molecule has 0 heterocycles. The van der Waals surface area contributed by atoms with Gasteiger partial charge in [-0.2, -0.15) is 0 Å². The smallest absolute Gasteiger partial charge is 0.125 e. The minimum Gasteiger partial charge on any atom is -0.493 e. The van der Waals surface area contributed by atoms with Crippen LogP contribution >= 0.6 is 12.2 Å². The van der Waals surface area contributed by atoms with E-state index in [1.165, 1.54) is 0 Å². The van der Waals surface area contributed by atoms with Gasteiger partial charge in [0.15, 0.2) is 0 Å². The summed E-state index contributed by atoms with van der Waals surface area (Å²) in [4.78, 5) is 0.406. The molecule has 0 saturated heterocycles. The van der Waals surface area contributed by atoms with Crippen LogP contribution < -0.4 is 10.5 Å². The first-order valence-electron chi connectivity index (χ1n) is 5.71. The summed E-state index contributed by atoms with van der Waals surface area (Å²) in [6.45, 7) is 4.79. The summed E-state index contributed by atoms with van der Waals surface area (Å²) < 4.78 is 5.71. The highest BCUT2D eigenvalue weighted by molar-refractivity contribution is 7.80. The molecule has 0 saturated carbocycles. The summed E-state index contributed by atoms with van der Waals surface area (Å²) in [6, 6.07) is 3.88. The minimum absolute atomic E-state index is 0.210. The fourth-order valence-corrected chi connectivity index (χ4v) is 1.83. The van der Waals surface area contributed by atoms with E-state index in [1.807, 2.05) is 26.0 Å². The Kier molecular flexibility index (Phi) is 5.38. The van der Waals surface area contributed by atoms with Crippen LogP contribution in [0.1, 0.15) is 29.5 Å². The average molecular weight is 253 g/mol. The summed E-state index contributed by atoms with van der Waals surface area (Å²) in [7, 11) is 0. The van der Waals surface area contributed by atoms with Crippen LogP contribution in [0, 0.1) is 13.8 Å². The lowest BCUT2D eigenvalue weighted by Gasteiger charge is -2.13. The molecule has 0 aromatic heterocycles. The molecular weight excluding hydrogens is 234 g/mol. The third kappa shape index (κ3) is 3.98. The first-order valence-corrected chi connectivity index (χ1v) is 6.11. The number of unbranched alkanes of at least 4 members (excludes halogenated alkanes) is 1. The van der Waals surface area contributed by atoms with E-state index in [2.05, 4.69) is 0 Å². The molecule has 1 aromatic carbocycles. The minimum atomic E-state index is 0.210. The maximum Gasteiger partial charge on any atom is 0.125 e. The largest absolute Gasteiger partial charge is 0.493 e. The zero-order valence-electron chi connectivity index (χ0n) is 10.3. The SMILES string of the molecule is Cc1cc(C(N)=S)cc(C)c1OCCCCO. The first kappa shape index (κ1) is 13.9. The van der Waals surface area contributed by atoms with Gasteiger partial charge in [-0.25, -0.2) is 0 Å². The second-order valence-corrected chi connectivity index (χ2v) is 4.52. The molecular formula is C13H19NO2S. The maximum atomic E-state index is 8.69. The van der Waals surface area contributed by atoms with E-state index in [4.69, 9.17) is 27.8 Å². The molecule has 0 amide bonds. The van der Waals surface area contributed by atoms with Crippen LogP contribution in [-0.4, -0.2) is 23.3 Å². The Labute approximate surface area is 108 Å². The van der Waals surface area contributed by atoms with Crippen molar-refractivity contribution < 1.29 is 9.84 Å². The molecule has 3 nitrogen and oxygen atoms in total. The molecule has 0 spiro atoms. The maximum absolute atomic E-state index is 8.69. The molecule has 1 aromatic rings. The third-order valence-corrected chi connectivity index (χ3v) is 2.78. The predicted octanol–water partition coefficient (Wildman–Crippen LogP) is 2.09. The van der Waals surface area contributed by atoms with Crippen LogP contribution in [0.3, 0.4) is 0 Å². The van der Waals surface area contributed by atoms with Gasteiger partial charge in [0.25, 0.3) is 0 Å². The lowest BCUT2D eigenvalue weighted by molar-refractivity contribution is 0.252. The van der Waals surface area contributed by atoms with Crippen molar-refractivity contribution in [2.75, 3.05) is 13.2 Å². The van der Waals surface area contributed by atoms with E-state index in [0.717, 1.165) is 35.3 Å². The molecule has 4 heteroatoms. The van der Waals surface area contributed by atoms with Gasteiger partial charge in [-0.1, -0.05) is 12.2 Å². The number of aliphatic hydroxyl groups is 1. The fourth-order valence-electron chi connectivity index (χ4n) is 1.71. The van der Waals surface area contributed by atoms with Crippen molar-refractivity contribution in [1.82, 2.24) is 0 Å². The van der Waals surface area contributed by atoms with Gasteiger partial charge in [0.1, 0.15) is 10.7 Å². The number of hydrogen-bond donors (Lipinski definition) is 2. The van der Waals surface area contributed by atoms with Crippen LogP contribution in [-0.2, 0) is 0 Å². The molecule has 3 N–H and O–H groups in total. The highest BCUT2D eigenvalue weighted by Crippen LogP contribution is 2.25. The van der Waals surface area contributed by atoms with Crippen LogP contribution in [0.5, 0.6) is 5.75 Å². The molecule has 0 atom stereocenters. The van der Waals surface area contributed by atoms with Crippen LogP contribution in [0.4, 0.5) is 0 Å². The summed E-state index contributed by atoms with van der Waals surface area (Å²) in [6.07, 6.45) is 1.62. The Hall–Kier alpha value is -1.13. The van der Waals surface area contributed by atoms with Crippen LogP contribution in [0.15, 0.2) is 12.1 Å². The van der Waals surface area contributed by atoms with Gasteiger partial charge in [-0.05, 0) is 49.9 Å². The Morgan fingerprint density at radius 3 is 2.35 bits per heavy atom. The van der Waals surface area contributed by atoms with Crippen molar-refractivity contribution in [3.8, 4) is 5.75 Å². The Morgan fingerprint density at radius 2 is 1.88 bits per heavy atom. The van der Waals surface area contributed by atoms with E-state index in [9.17, 15) is 0 Å². The van der Waals surface area contributed by atoms with E-state index in [1.54, 1.807) is 0 Å². The van der Waals surface area contributed by atoms with Gasteiger partial charge in [0, 0.05) is 12.2 Å². The quantitative estimate of drug-likeness (QED) is 0.602. The Balaban J connectivity index is 2.76. The van der Waals surface area contributed by atoms with E-state index in [-0.39, 0.29) is 6.61 Å². The topological polar surface area (TPSA) is 55.5 Å². The van der Waals surface area contributed by atoms with Gasteiger partial charge in [-0.15, -0.1) is 0 Å². The molecule has 0 aliphatic heterocycles. The molecule has 0 fully saturated rings. The summed E-state index contributed by atoms with van der Waals surface area (Å²) >= 11 is 4.96. The van der Waals surface area contributed by atoms with Crippen LogP contribution in [0.25, 0.3) is 0 Å². The first-order chi connectivity index (χ1) is 8.06. The lowest BCUT2D eigenvalue weighted by atomic mass is 10.1. The molecule has 0 aliphatic rings. The second-order valence-electron chi connectivity index (χ2n) is 4.08. The van der Waals surface area contributed by atoms with Crippen molar-refractivity contribution in [3.05, 3.63) is 28.8 Å². The van der Waals surface area contributed by atoms with Gasteiger partial charge in [-0.3, -0.25) is 0 Å². The summed E-state index contributed by atoms with van der Waals surface area (Å²) in [5, 5.41) is 8.69. The van der Waals surface area contributed by atoms with Crippen molar-refractivity contribution in [2.45, 2.75) is 26.7 Å². The number of ether oxygens (including phenoxy) is 1. The zero-order chi connectivity index (χ0) is 12.8. The summed E-state index contributed by atoms with van der Waals surface area (Å²) in [5.74, 6) is 0.892. The molecule has 94 valence electrons. The van der Waals surface area contributed by atoms with Crippen molar-refractivity contribution in [2.24, 2.45) is 5.73 Å². The number of nitrogens with two attached hydrogens (primary N) is 1. The third-order valence-electron chi connectivity index (χ3n) is 2.54. The highest BCUT2D eigenvalue weighted by Gasteiger charge is 2.07. The van der Waals surface area contributed by atoms with Gasteiger partial charge >= 0.3 is 0 Å². The standard InChI is InChI=1S/C13H19NO2S/c1-9-7-11(13(14)17)8-10(2)12(9)16-6-4-3-5-15/h7-8,15H,3-6H2,1-2H3,(H2,14,17). The average Bonchev–Trinajstić information content (AvgIpc) is 2.26.